The van der Waals surface area contributed by atoms with Gasteiger partial charge in [0.05, 0.1) is 5.69 Å². The Morgan fingerprint density at radius 1 is 1.14 bits per heavy atom. The zero-order valence-corrected chi connectivity index (χ0v) is 12.0. The zero-order valence-electron chi connectivity index (χ0n) is 11.2. The summed E-state index contributed by atoms with van der Waals surface area (Å²) >= 11 is 5.99. The second-order valence-corrected chi connectivity index (χ2v) is 6.22. The molecule has 3 aliphatic carbocycles. The molecule has 3 aliphatic rings. The molecule has 5 heteroatoms. The Kier molecular flexibility index (Phi) is 2.60. The normalized spacial score (nSPS) is 23.4. The predicted octanol–water partition coefficient (Wildman–Crippen LogP) is 3.48. The van der Waals surface area contributed by atoms with Crippen molar-refractivity contribution in [3.63, 3.8) is 0 Å². The summed E-state index contributed by atoms with van der Waals surface area (Å²) in [7, 11) is 0. The lowest BCUT2D eigenvalue weighted by Crippen LogP contribution is -2.28. The molecule has 0 aliphatic heterocycles. The molecule has 1 aromatic carbocycles. The van der Waals surface area contributed by atoms with Gasteiger partial charge < -0.3 is 10.2 Å². The Morgan fingerprint density at radius 3 is 2.62 bits per heavy atom. The van der Waals surface area contributed by atoms with Gasteiger partial charge in [0.2, 0.25) is 11.8 Å². The van der Waals surface area contributed by atoms with Crippen LogP contribution in [0.15, 0.2) is 24.3 Å². The summed E-state index contributed by atoms with van der Waals surface area (Å²) in [4.78, 5) is 12.1. The van der Waals surface area contributed by atoms with E-state index in [1.807, 2.05) is 0 Å². The lowest BCUT2D eigenvalue weighted by Gasteiger charge is -2.34. The lowest BCUT2D eigenvalue weighted by atomic mass is 9.67. The molecule has 0 saturated heterocycles. The van der Waals surface area contributed by atoms with E-state index in [1.54, 1.807) is 24.3 Å². The van der Waals surface area contributed by atoms with Crippen molar-refractivity contribution in [2.75, 3.05) is 0 Å². The number of aromatic hydroxyl groups is 2. The summed E-state index contributed by atoms with van der Waals surface area (Å²) < 4.78 is 1.39. The monoisotopic (exact) mass is 303 g/mol. The van der Waals surface area contributed by atoms with Crippen LogP contribution in [0.1, 0.15) is 42.2 Å². The van der Waals surface area contributed by atoms with Gasteiger partial charge in [0, 0.05) is 28.5 Å². The minimum atomic E-state index is -0.281. The van der Waals surface area contributed by atoms with E-state index >= 15 is 0 Å². The number of hydrogen-bond donors (Lipinski definition) is 2. The summed E-state index contributed by atoms with van der Waals surface area (Å²) in [6.45, 7) is 0. The second kappa shape index (κ2) is 4.28. The highest BCUT2D eigenvalue weighted by atomic mass is 35.5. The van der Waals surface area contributed by atoms with Gasteiger partial charge in [-0.05, 0) is 37.0 Å². The van der Waals surface area contributed by atoms with Crippen LogP contribution in [-0.2, 0) is 4.79 Å². The van der Waals surface area contributed by atoms with Crippen molar-refractivity contribution in [1.29, 1.82) is 0 Å². The van der Waals surface area contributed by atoms with E-state index in [0.717, 1.165) is 18.4 Å². The van der Waals surface area contributed by atoms with E-state index in [2.05, 4.69) is 0 Å². The van der Waals surface area contributed by atoms with Crippen LogP contribution >= 0.6 is 11.6 Å². The minimum absolute atomic E-state index is 0.0174. The number of benzene rings is 1. The van der Waals surface area contributed by atoms with E-state index in [0.29, 0.717) is 22.7 Å². The highest BCUT2D eigenvalue weighted by Gasteiger charge is 2.45. The van der Waals surface area contributed by atoms with Crippen LogP contribution in [0.5, 0.6) is 11.8 Å². The molecular weight excluding hydrogens is 290 g/mol. The second-order valence-electron chi connectivity index (χ2n) is 5.79. The molecule has 4 nitrogen and oxygen atoms in total. The molecule has 21 heavy (non-hydrogen) atoms. The van der Waals surface area contributed by atoms with Crippen LogP contribution in [0, 0.1) is 0 Å². The van der Waals surface area contributed by atoms with Crippen LogP contribution in [0.3, 0.4) is 0 Å². The summed E-state index contributed by atoms with van der Waals surface area (Å²) in [6.07, 6.45) is 2.10. The number of ketones is 1. The maximum absolute atomic E-state index is 12.1. The maximum atomic E-state index is 12.1. The number of nitrogens with zero attached hydrogens (tertiary/aromatic N) is 1. The summed E-state index contributed by atoms with van der Waals surface area (Å²) in [6, 6.07) is 6.93. The van der Waals surface area contributed by atoms with Crippen molar-refractivity contribution in [2.45, 2.75) is 31.1 Å². The Balaban J connectivity index is 1.98. The first-order valence-electron chi connectivity index (χ1n) is 7.03. The molecule has 0 unspecified atom stereocenters. The van der Waals surface area contributed by atoms with Crippen LogP contribution in [0.25, 0.3) is 5.69 Å². The van der Waals surface area contributed by atoms with Crippen molar-refractivity contribution in [1.82, 2.24) is 4.57 Å². The molecule has 1 heterocycles. The number of carbonyl (C=O) groups is 1. The number of carbonyl (C=O) groups excluding carboxylic acids is 1. The number of rotatable bonds is 1. The molecule has 108 valence electrons. The predicted molar refractivity (Wildman–Crippen MR) is 78.4 cm³/mol. The van der Waals surface area contributed by atoms with Crippen LogP contribution < -0.4 is 0 Å². The fraction of sp³-hybridized carbons (Fsp3) is 0.312. The van der Waals surface area contributed by atoms with Crippen LogP contribution in [0.4, 0.5) is 0 Å². The molecular formula is C16H14ClNO3. The summed E-state index contributed by atoms with van der Waals surface area (Å²) in [5.41, 5.74) is 1.95. The average molecular weight is 304 g/mol. The number of hydrogen-bond acceptors (Lipinski definition) is 3. The summed E-state index contributed by atoms with van der Waals surface area (Å²) in [5.74, 6) is -0.100. The van der Waals surface area contributed by atoms with Crippen molar-refractivity contribution in [3.8, 4) is 17.4 Å². The smallest absolute Gasteiger partial charge is 0.202 e. The Bertz CT molecular complexity index is 765. The maximum Gasteiger partial charge on any atom is 0.202 e. The van der Waals surface area contributed by atoms with Gasteiger partial charge in [0.15, 0.2) is 0 Å². The number of fused-ring (bicyclic) bond motifs is 2. The summed E-state index contributed by atoms with van der Waals surface area (Å²) in [5, 5.41) is 21.6. The third-order valence-electron chi connectivity index (χ3n) is 4.66. The van der Waals surface area contributed by atoms with E-state index < -0.39 is 0 Å². The molecule has 2 atom stereocenters. The van der Waals surface area contributed by atoms with E-state index in [1.165, 1.54) is 4.57 Å². The van der Waals surface area contributed by atoms with Gasteiger partial charge >= 0.3 is 0 Å². The van der Waals surface area contributed by atoms with Crippen LogP contribution in [-0.4, -0.2) is 20.6 Å². The first-order chi connectivity index (χ1) is 10.1. The minimum Gasteiger partial charge on any atom is -0.494 e. The molecule has 0 radical (unpaired) electrons. The molecule has 1 fully saturated rings. The van der Waals surface area contributed by atoms with Gasteiger partial charge in [-0.3, -0.25) is 9.36 Å². The van der Waals surface area contributed by atoms with Crippen LogP contribution in [0.2, 0.25) is 5.02 Å². The van der Waals surface area contributed by atoms with Gasteiger partial charge in [-0.25, -0.2) is 0 Å². The molecule has 1 saturated carbocycles. The number of aromatic nitrogens is 1. The SMILES string of the molecule is O=C1C[C@@H]2CC[C@H]1c1c2c(O)n(-c2cccc(Cl)c2)c1O. The number of halogens is 1. The zero-order chi connectivity index (χ0) is 14.7. The van der Waals surface area contributed by atoms with Gasteiger partial charge in [0.25, 0.3) is 0 Å². The lowest BCUT2D eigenvalue weighted by molar-refractivity contribution is -0.123. The first-order valence-corrected chi connectivity index (χ1v) is 7.40. The van der Waals surface area contributed by atoms with Crippen molar-refractivity contribution >= 4 is 17.4 Å². The van der Waals surface area contributed by atoms with Crippen molar-refractivity contribution in [2.24, 2.45) is 0 Å². The largest absolute Gasteiger partial charge is 0.494 e. The third kappa shape index (κ3) is 1.65. The van der Waals surface area contributed by atoms with Crippen molar-refractivity contribution in [3.05, 3.63) is 40.4 Å². The van der Waals surface area contributed by atoms with Gasteiger partial charge in [-0.1, -0.05) is 17.7 Å². The molecule has 1 aromatic heterocycles. The highest BCUT2D eigenvalue weighted by Crippen LogP contribution is 2.55. The van der Waals surface area contributed by atoms with Crippen molar-refractivity contribution < 1.29 is 15.0 Å². The van der Waals surface area contributed by atoms with E-state index in [9.17, 15) is 15.0 Å². The Labute approximate surface area is 126 Å². The molecule has 0 spiro atoms. The Morgan fingerprint density at radius 2 is 1.90 bits per heavy atom. The molecule has 2 N–H and O–H groups in total. The van der Waals surface area contributed by atoms with Gasteiger partial charge in [0.1, 0.15) is 5.78 Å². The Hall–Kier alpha value is -1.94. The molecule has 5 rings (SSSR count). The standard InChI is InChI=1S/C16H14ClNO3/c17-9-2-1-3-10(7-9)18-15(20)13-8-4-5-11(12(19)6-8)14(13)16(18)21/h1-3,7-8,11,20-21H,4-6H2/t8-,11+/m0/s1. The molecule has 2 aromatic rings. The molecule has 0 amide bonds. The fourth-order valence-electron chi connectivity index (χ4n) is 3.76. The molecule has 2 bridgehead atoms. The third-order valence-corrected chi connectivity index (χ3v) is 4.89. The fourth-order valence-corrected chi connectivity index (χ4v) is 3.94. The topological polar surface area (TPSA) is 62.5 Å². The van der Waals surface area contributed by atoms with E-state index in [-0.39, 0.29) is 29.4 Å². The highest BCUT2D eigenvalue weighted by molar-refractivity contribution is 6.30. The first kappa shape index (κ1) is 12.8. The van der Waals surface area contributed by atoms with Gasteiger partial charge in [-0.15, -0.1) is 0 Å². The number of Topliss-reactive ketones (excluding diaryl/α,β-unsaturated/α-hetero) is 1. The quantitative estimate of drug-likeness (QED) is 0.848. The van der Waals surface area contributed by atoms with Gasteiger partial charge in [-0.2, -0.15) is 0 Å². The van der Waals surface area contributed by atoms with E-state index in [4.69, 9.17) is 11.6 Å². The average Bonchev–Trinajstić information content (AvgIpc) is 2.73.